The lowest BCUT2D eigenvalue weighted by atomic mass is 10.0. The van der Waals surface area contributed by atoms with Crippen LogP contribution < -0.4 is 0 Å². The smallest absolute Gasteiger partial charge is 0.303 e. The number of rotatable bonds is 28. The second-order valence-electron chi connectivity index (χ2n) is 10.3. The third kappa shape index (κ3) is 32.4. The van der Waals surface area contributed by atoms with Gasteiger partial charge in [0, 0.05) is 6.42 Å². The highest BCUT2D eigenvalue weighted by Gasteiger charge is 1.97. The molecule has 0 atom stereocenters. The molecule has 0 unspecified atom stereocenters. The van der Waals surface area contributed by atoms with Gasteiger partial charge < -0.3 is 5.11 Å². The Labute approximate surface area is 225 Å². The molecule has 0 fully saturated rings. The summed E-state index contributed by atoms with van der Waals surface area (Å²) >= 11 is 0. The summed E-state index contributed by atoms with van der Waals surface area (Å²) in [6.45, 7) is 2.17. The van der Waals surface area contributed by atoms with E-state index < -0.39 is 5.97 Å². The van der Waals surface area contributed by atoms with Gasteiger partial charge in [0.25, 0.3) is 0 Å². The van der Waals surface area contributed by atoms with Crippen LogP contribution in [-0.4, -0.2) is 11.1 Å². The van der Waals surface area contributed by atoms with E-state index in [0.717, 1.165) is 38.5 Å². The zero-order valence-electron chi connectivity index (χ0n) is 23.9. The normalized spacial score (nSPS) is 12.2. The van der Waals surface area contributed by atoms with Gasteiger partial charge in [-0.1, -0.05) is 158 Å². The van der Waals surface area contributed by atoms with E-state index in [1.54, 1.807) is 0 Å². The fraction of sp³-hybridized carbons (Fsp3) is 0.735. The summed E-state index contributed by atoms with van der Waals surface area (Å²) in [5.41, 5.74) is 0. The maximum absolute atomic E-state index is 10.5. The minimum atomic E-state index is -0.654. The Hall–Kier alpha value is -1.57. The first-order valence-electron chi connectivity index (χ1n) is 15.6. The number of hydrogen-bond donors (Lipinski definition) is 1. The number of carbonyl (C=O) groups is 1. The summed E-state index contributed by atoms with van der Waals surface area (Å²) in [7, 11) is 0. The molecule has 1 N–H and O–H groups in total. The van der Waals surface area contributed by atoms with Crippen LogP contribution >= 0.6 is 0 Å². The van der Waals surface area contributed by atoms with Crippen LogP contribution in [0.2, 0.25) is 0 Å². The molecule has 0 aromatic rings. The maximum Gasteiger partial charge on any atom is 0.303 e. The molecule has 2 heteroatoms. The number of carboxylic acids is 1. The standard InChI is InChI=1S/C34H60O2/c1-2-3-4-5-6-7-8-9-10-11-12-13-14-15-16-17-18-19-20-21-22-23-24-25-26-27-28-29-30-31-32-33-34(35)36/h3-4,6-7,9-10,12-13H,2,5,8,11,14-33H2,1H3,(H,35,36)/b4-3-,7-6-,10-9-,13-12-. The highest BCUT2D eigenvalue weighted by Crippen LogP contribution is 2.15. The van der Waals surface area contributed by atoms with Crippen molar-refractivity contribution in [3.05, 3.63) is 48.6 Å². The molecule has 0 saturated heterocycles. The molecule has 0 aromatic heterocycles. The van der Waals surface area contributed by atoms with Gasteiger partial charge in [-0.05, 0) is 44.9 Å². The highest BCUT2D eigenvalue weighted by molar-refractivity contribution is 5.66. The van der Waals surface area contributed by atoms with Crippen LogP contribution in [0.15, 0.2) is 48.6 Å². The second kappa shape index (κ2) is 31.5. The number of unbranched alkanes of at least 4 members (excludes halogenated alkanes) is 18. The Morgan fingerprint density at radius 2 is 0.750 bits per heavy atom. The molecule has 0 bridgehead atoms. The molecule has 0 saturated carbocycles. The molecule has 208 valence electrons. The lowest BCUT2D eigenvalue weighted by Crippen LogP contribution is -1.93. The fourth-order valence-electron chi connectivity index (χ4n) is 4.46. The Kier molecular flexibility index (Phi) is 30.1. The van der Waals surface area contributed by atoms with Crippen molar-refractivity contribution in [2.24, 2.45) is 0 Å². The predicted octanol–water partition coefficient (Wildman–Crippen LogP) is 11.7. The van der Waals surface area contributed by atoms with Crippen molar-refractivity contribution in [3.63, 3.8) is 0 Å². The summed E-state index contributed by atoms with van der Waals surface area (Å²) in [6.07, 6.45) is 48.1. The van der Waals surface area contributed by atoms with Gasteiger partial charge in [-0.25, -0.2) is 0 Å². The van der Waals surface area contributed by atoms with Gasteiger partial charge in [0.05, 0.1) is 0 Å². The van der Waals surface area contributed by atoms with E-state index in [2.05, 4.69) is 55.5 Å². The minimum absolute atomic E-state index is 0.341. The molecule has 0 aliphatic carbocycles. The fourth-order valence-corrected chi connectivity index (χ4v) is 4.46. The van der Waals surface area contributed by atoms with Crippen LogP contribution in [0.1, 0.15) is 161 Å². The van der Waals surface area contributed by atoms with E-state index in [1.807, 2.05) is 0 Å². The van der Waals surface area contributed by atoms with Gasteiger partial charge in [0.2, 0.25) is 0 Å². The average molecular weight is 501 g/mol. The van der Waals surface area contributed by atoms with Crippen LogP contribution in [0, 0.1) is 0 Å². The lowest BCUT2D eigenvalue weighted by molar-refractivity contribution is -0.137. The first kappa shape index (κ1) is 34.4. The lowest BCUT2D eigenvalue weighted by Gasteiger charge is -2.04. The number of aliphatic carboxylic acids is 1. The Morgan fingerprint density at radius 1 is 0.444 bits per heavy atom. The molecule has 0 aliphatic rings. The van der Waals surface area contributed by atoms with Crippen LogP contribution in [0.5, 0.6) is 0 Å². The van der Waals surface area contributed by atoms with Gasteiger partial charge in [-0.3, -0.25) is 4.79 Å². The molecule has 36 heavy (non-hydrogen) atoms. The SMILES string of the molecule is CC/C=C\C/C=C\C/C=C\C/C=C\CCCCCCCCCCCCCCCCCCCCC(=O)O. The molecule has 0 aliphatic heterocycles. The topological polar surface area (TPSA) is 37.3 Å². The molecule has 0 amide bonds. The second-order valence-corrected chi connectivity index (χ2v) is 10.3. The summed E-state index contributed by atoms with van der Waals surface area (Å²) in [5, 5.41) is 8.62. The minimum Gasteiger partial charge on any atom is -0.481 e. The third-order valence-corrected chi connectivity index (χ3v) is 6.73. The number of allylic oxidation sites excluding steroid dienone is 8. The molecule has 0 spiro atoms. The van der Waals surface area contributed by atoms with Crippen molar-refractivity contribution in [1.82, 2.24) is 0 Å². The van der Waals surface area contributed by atoms with Crippen LogP contribution in [0.25, 0.3) is 0 Å². The van der Waals surface area contributed by atoms with E-state index in [-0.39, 0.29) is 0 Å². The van der Waals surface area contributed by atoms with Gasteiger partial charge in [-0.2, -0.15) is 0 Å². The first-order valence-corrected chi connectivity index (χ1v) is 15.6. The Balaban J connectivity index is 3.18. The zero-order chi connectivity index (χ0) is 26.2. The first-order chi connectivity index (χ1) is 17.8. The van der Waals surface area contributed by atoms with Crippen molar-refractivity contribution in [3.8, 4) is 0 Å². The molecular weight excluding hydrogens is 440 g/mol. The Bertz CT molecular complexity index is 556. The number of hydrogen-bond acceptors (Lipinski definition) is 1. The van der Waals surface area contributed by atoms with Gasteiger partial charge in [0.1, 0.15) is 0 Å². The maximum atomic E-state index is 10.5. The van der Waals surface area contributed by atoms with Crippen LogP contribution in [0.4, 0.5) is 0 Å². The Morgan fingerprint density at radius 3 is 1.11 bits per heavy atom. The molecule has 0 heterocycles. The molecule has 0 rings (SSSR count). The highest BCUT2D eigenvalue weighted by atomic mass is 16.4. The van der Waals surface area contributed by atoms with Crippen molar-refractivity contribution in [2.75, 3.05) is 0 Å². The van der Waals surface area contributed by atoms with Crippen molar-refractivity contribution < 1.29 is 9.90 Å². The van der Waals surface area contributed by atoms with Crippen molar-refractivity contribution in [2.45, 2.75) is 161 Å². The summed E-state index contributed by atoms with van der Waals surface area (Å²) < 4.78 is 0. The summed E-state index contributed by atoms with van der Waals surface area (Å²) in [6, 6.07) is 0. The largest absolute Gasteiger partial charge is 0.481 e. The van der Waals surface area contributed by atoms with Crippen LogP contribution in [-0.2, 0) is 4.79 Å². The quantitative estimate of drug-likeness (QED) is 0.0856. The van der Waals surface area contributed by atoms with Crippen molar-refractivity contribution >= 4 is 5.97 Å². The van der Waals surface area contributed by atoms with E-state index in [4.69, 9.17) is 5.11 Å². The van der Waals surface area contributed by atoms with Crippen molar-refractivity contribution in [1.29, 1.82) is 0 Å². The number of carboxylic acid groups (broad SMARTS) is 1. The summed E-state index contributed by atoms with van der Waals surface area (Å²) in [4.78, 5) is 10.5. The van der Waals surface area contributed by atoms with E-state index in [9.17, 15) is 4.79 Å². The third-order valence-electron chi connectivity index (χ3n) is 6.73. The molecule has 0 aromatic carbocycles. The monoisotopic (exact) mass is 500 g/mol. The molecule has 0 radical (unpaired) electrons. The zero-order valence-corrected chi connectivity index (χ0v) is 23.9. The van der Waals surface area contributed by atoms with Gasteiger partial charge in [0.15, 0.2) is 0 Å². The summed E-state index contributed by atoms with van der Waals surface area (Å²) in [5.74, 6) is -0.654. The predicted molar refractivity (Wildman–Crippen MR) is 161 cm³/mol. The average Bonchev–Trinajstić information content (AvgIpc) is 2.87. The van der Waals surface area contributed by atoms with E-state index in [0.29, 0.717) is 6.42 Å². The van der Waals surface area contributed by atoms with E-state index >= 15 is 0 Å². The van der Waals surface area contributed by atoms with Gasteiger partial charge >= 0.3 is 5.97 Å². The molecular formula is C34H60O2. The molecule has 2 nitrogen and oxygen atoms in total. The van der Waals surface area contributed by atoms with Gasteiger partial charge in [-0.15, -0.1) is 0 Å². The van der Waals surface area contributed by atoms with E-state index in [1.165, 1.54) is 109 Å². The van der Waals surface area contributed by atoms with Crippen LogP contribution in [0.3, 0.4) is 0 Å².